The maximum atomic E-state index is 6.08. The molecular formula is C23H16N2OS. The van der Waals surface area contributed by atoms with Crippen molar-refractivity contribution in [2.45, 2.75) is 6.61 Å². The third-order valence-corrected chi connectivity index (χ3v) is 5.49. The highest BCUT2D eigenvalue weighted by atomic mass is 32.1. The Hall–Kier alpha value is -3.24. The van der Waals surface area contributed by atoms with Gasteiger partial charge in [-0.25, -0.2) is 9.97 Å². The average molecular weight is 368 g/mol. The summed E-state index contributed by atoms with van der Waals surface area (Å²) in [6.07, 6.45) is 0. The highest BCUT2D eigenvalue weighted by Gasteiger charge is 2.10. The van der Waals surface area contributed by atoms with Gasteiger partial charge < -0.3 is 4.74 Å². The Morgan fingerprint density at radius 3 is 2.48 bits per heavy atom. The van der Waals surface area contributed by atoms with E-state index in [0.717, 1.165) is 38.4 Å². The maximum Gasteiger partial charge on any atom is 0.146 e. The lowest BCUT2D eigenvalue weighted by atomic mass is 10.2. The zero-order chi connectivity index (χ0) is 18.1. The molecule has 0 aliphatic rings. The van der Waals surface area contributed by atoms with Crippen LogP contribution in [0.5, 0.6) is 5.75 Å². The van der Waals surface area contributed by atoms with E-state index in [0.29, 0.717) is 6.61 Å². The number of thiazole rings is 1. The molecule has 5 aromatic rings. The molecule has 2 heterocycles. The third kappa shape index (κ3) is 3.15. The predicted molar refractivity (Wildman–Crippen MR) is 111 cm³/mol. The SMILES string of the molecule is c1ccc(COc2cccc3ccc(-c4nc5ccccc5s4)nc23)cc1. The van der Waals surface area contributed by atoms with Crippen LogP contribution in [0.4, 0.5) is 0 Å². The molecule has 27 heavy (non-hydrogen) atoms. The fraction of sp³-hybridized carbons (Fsp3) is 0.0435. The Balaban J connectivity index is 1.53. The van der Waals surface area contributed by atoms with Gasteiger partial charge in [0.1, 0.15) is 22.9 Å². The molecule has 130 valence electrons. The molecule has 0 saturated heterocycles. The average Bonchev–Trinajstić information content (AvgIpc) is 3.17. The predicted octanol–water partition coefficient (Wildman–Crippen LogP) is 6.09. The van der Waals surface area contributed by atoms with Crippen LogP contribution < -0.4 is 4.74 Å². The standard InChI is InChI=1S/C23H16N2OS/c1-2-7-16(8-3-1)15-26-20-11-6-9-17-13-14-19(24-22(17)20)23-25-18-10-4-5-12-21(18)27-23/h1-14H,15H2. The van der Waals surface area contributed by atoms with Crippen molar-refractivity contribution in [1.29, 1.82) is 0 Å². The molecule has 3 aromatic carbocycles. The Morgan fingerprint density at radius 2 is 1.59 bits per heavy atom. The van der Waals surface area contributed by atoms with Gasteiger partial charge in [-0.3, -0.25) is 0 Å². The number of pyridine rings is 1. The number of benzene rings is 3. The van der Waals surface area contributed by atoms with Crippen LogP contribution in [0, 0.1) is 0 Å². The van der Waals surface area contributed by atoms with E-state index in [-0.39, 0.29) is 0 Å². The van der Waals surface area contributed by atoms with Crippen LogP contribution in [-0.4, -0.2) is 9.97 Å². The van der Waals surface area contributed by atoms with Gasteiger partial charge in [0, 0.05) is 5.39 Å². The maximum absolute atomic E-state index is 6.08. The van der Waals surface area contributed by atoms with Crippen LogP contribution in [0.1, 0.15) is 5.56 Å². The highest BCUT2D eigenvalue weighted by molar-refractivity contribution is 7.21. The largest absolute Gasteiger partial charge is 0.487 e. The second-order valence-electron chi connectivity index (χ2n) is 6.29. The molecule has 0 N–H and O–H groups in total. The van der Waals surface area contributed by atoms with Gasteiger partial charge in [0.2, 0.25) is 0 Å². The number of aromatic nitrogens is 2. The molecular weight excluding hydrogens is 352 g/mol. The molecule has 3 nitrogen and oxygen atoms in total. The smallest absolute Gasteiger partial charge is 0.146 e. The number of nitrogens with zero attached hydrogens (tertiary/aromatic N) is 2. The summed E-state index contributed by atoms with van der Waals surface area (Å²) in [4.78, 5) is 9.60. The molecule has 0 saturated carbocycles. The lowest BCUT2D eigenvalue weighted by Gasteiger charge is -2.09. The summed E-state index contributed by atoms with van der Waals surface area (Å²) in [6.45, 7) is 0.521. The zero-order valence-electron chi connectivity index (χ0n) is 14.5. The van der Waals surface area contributed by atoms with Gasteiger partial charge in [-0.1, -0.05) is 60.7 Å². The summed E-state index contributed by atoms with van der Waals surface area (Å²) in [5, 5.41) is 1.99. The van der Waals surface area contributed by atoms with Crippen molar-refractivity contribution >= 4 is 32.5 Å². The lowest BCUT2D eigenvalue weighted by molar-refractivity contribution is 0.309. The van der Waals surface area contributed by atoms with E-state index in [2.05, 4.69) is 30.3 Å². The minimum Gasteiger partial charge on any atom is -0.487 e. The van der Waals surface area contributed by atoms with E-state index in [1.165, 1.54) is 4.70 Å². The Kier molecular flexibility index (Phi) is 4.03. The first-order valence-corrected chi connectivity index (χ1v) is 9.61. The molecule has 2 aromatic heterocycles. The number of hydrogen-bond acceptors (Lipinski definition) is 4. The zero-order valence-corrected chi connectivity index (χ0v) is 15.3. The summed E-state index contributed by atoms with van der Waals surface area (Å²) < 4.78 is 7.25. The summed E-state index contributed by atoms with van der Waals surface area (Å²) in [5.74, 6) is 0.791. The second-order valence-corrected chi connectivity index (χ2v) is 7.32. The molecule has 0 unspecified atom stereocenters. The molecule has 5 rings (SSSR count). The van der Waals surface area contributed by atoms with Gasteiger partial charge in [-0.15, -0.1) is 11.3 Å². The van der Waals surface area contributed by atoms with Crippen molar-refractivity contribution in [1.82, 2.24) is 9.97 Å². The summed E-state index contributed by atoms with van der Waals surface area (Å²) in [7, 11) is 0. The molecule has 0 bridgehead atoms. The van der Waals surface area contributed by atoms with Gasteiger partial charge in [-0.05, 0) is 29.8 Å². The van der Waals surface area contributed by atoms with Crippen molar-refractivity contribution in [3.8, 4) is 16.5 Å². The fourth-order valence-electron chi connectivity index (χ4n) is 3.07. The van der Waals surface area contributed by atoms with Crippen molar-refractivity contribution in [3.63, 3.8) is 0 Å². The van der Waals surface area contributed by atoms with Crippen molar-refractivity contribution < 1.29 is 4.74 Å². The molecule has 4 heteroatoms. The van der Waals surface area contributed by atoms with Crippen LogP contribution >= 0.6 is 11.3 Å². The van der Waals surface area contributed by atoms with Crippen LogP contribution in [0.3, 0.4) is 0 Å². The first-order chi connectivity index (χ1) is 13.4. The molecule has 0 amide bonds. The van der Waals surface area contributed by atoms with Crippen LogP contribution in [0.15, 0.2) is 84.9 Å². The van der Waals surface area contributed by atoms with Gasteiger partial charge in [0.25, 0.3) is 0 Å². The monoisotopic (exact) mass is 368 g/mol. The number of rotatable bonds is 4. The van der Waals surface area contributed by atoms with Gasteiger partial charge >= 0.3 is 0 Å². The quantitative estimate of drug-likeness (QED) is 0.385. The highest BCUT2D eigenvalue weighted by Crippen LogP contribution is 2.32. The van der Waals surface area contributed by atoms with E-state index in [1.54, 1.807) is 11.3 Å². The normalized spacial score (nSPS) is 11.1. The first kappa shape index (κ1) is 16.0. The minimum atomic E-state index is 0.521. The molecule has 0 atom stereocenters. The molecule has 0 radical (unpaired) electrons. The van der Waals surface area contributed by atoms with E-state index in [1.807, 2.05) is 54.6 Å². The lowest BCUT2D eigenvalue weighted by Crippen LogP contribution is -1.97. The number of ether oxygens (including phenoxy) is 1. The second kappa shape index (κ2) is 6.82. The van der Waals surface area contributed by atoms with Gasteiger partial charge in [0.15, 0.2) is 0 Å². The molecule has 0 spiro atoms. The summed E-state index contributed by atoms with van der Waals surface area (Å²) in [5.41, 5.74) is 3.88. The van der Waals surface area contributed by atoms with Crippen LogP contribution in [0.2, 0.25) is 0 Å². The summed E-state index contributed by atoms with van der Waals surface area (Å²) >= 11 is 1.66. The third-order valence-electron chi connectivity index (χ3n) is 4.43. The van der Waals surface area contributed by atoms with Crippen molar-refractivity contribution in [3.05, 3.63) is 90.5 Å². The van der Waals surface area contributed by atoms with Gasteiger partial charge in [-0.2, -0.15) is 0 Å². The number of fused-ring (bicyclic) bond motifs is 2. The number of para-hydroxylation sites is 2. The summed E-state index contributed by atoms with van der Waals surface area (Å²) in [6, 6.07) is 28.5. The van der Waals surface area contributed by atoms with E-state index < -0.39 is 0 Å². The topological polar surface area (TPSA) is 35.0 Å². The molecule has 0 aliphatic carbocycles. The Labute approximate surface area is 160 Å². The van der Waals surface area contributed by atoms with E-state index >= 15 is 0 Å². The first-order valence-electron chi connectivity index (χ1n) is 8.79. The van der Waals surface area contributed by atoms with Crippen molar-refractivity contribution in [2.24, 2.45) is 0 Å². The Bertz CT molecular complexity index is 1200. The number of hydrogen-bond donors (Lipinski definition) is 0. The van der Waals surface area contributed by atoms with Crippen molar-refractivity contribution in [2.75, 3.05) is 0 Å². The minimum absolute atomic E-state index is 0.521. The van der Waals surface area contributed by atoms with Crippen LogP contribution in [-0.2, 0) is 6.61 Å². The van der Waals surface area contributed by atoms with Gasteiger partial charge in [0.05, 0.1) is 15.9 Å². The fourth-order valence-corrected chi connectivity index (χ4v) is 4.01. The molecule has 0 aliphatic heterocycles. The van der Waals surface area contributed by atoms with E-state index in [9.17, 15) is 0 Å². The molecule has 0 fully saturated rings. The van der Waals surface area contributed by atoms with Crippen LogP contribution in [0.25, 0.3) is 31.8 Å². The van der Waals surface area contributed by atoms with E-state index in [4.69, 9.17) is 14.7 Å². The Morgan fingerprint density at radius 1 is 0.741 bits per heavy atom.